The number of rotatable bonds is 4. The minimum Gasteiger partial charge on any atom is -0.339 e. The molecule has 1 unspecified atom stereocenters. The van der Waals surface area contributed by atoms with Crippen molar-refractivity contribution in [1.82, 2.24) is 10.6 Å². The summed E-state index contributed by atoms with van der Waals surface area (Å²) >= 11 is 25.5. The highest BCUT2D eigenvalue weighted by Gasteiger charge is 2.34. The Morgan fingerprint density at radius 2 is 1.86 bits per heavy atom. The maximum absolute atomic E-state index is 12.2. The Balaban J connectivity index is 2.67. The van der Waals surface area contributed by atoms with Gasteiger partial charge in [-0.05, 0) is 36.5 Å². The minimum absolute atomic E-state index is 0.104. The normalized spacial score (nSPS) is 12.4. The Morgan fingerprint density at radius 3 is 2.33 bits per heavy atom. The van der Waals surface area contributed by atoms with E-state index in [0.717, 1.165) is 4.47 Å². The lowest BCUT2D eigenvalue weighted by Crippen LogP contribution is -2.56. The SMILES string of the molecule is O=C(CF)NC(NC(=S)Nc1ccc(Br)cc1)C(Cl)(Cl)Cl. The molecule has 21 heavy (non-hydrogen) atoms. The number of benzene rings is 1. The molecule has 1 amide bonds. The van der Waals surface area contributed by atoms with E-state index in [-0.39, 0.29) is 5.11 Å². The molecular weight excluding hydrogens is 427 g/mol. The highest BCUT2D eigenvalue weighted by molar-refractivity contribution is 9.10. The molecule has 10 heteroatoms. The van der Waals surface area contributed by atoms with E-state index in [1.54, 1.807) is 12.1 Å². The van der Waals surface area contributed by atoms with Gasteiger partial charge >= 0.3 is 0 Å². The van der Waals surface area contributed by atoms with Crippen molar-refractivity contribution in [2.75, 3.05) is 12.0 Å². The van der Waals surface area contributed by atoms with Crippen LogP contribution in [0.4, 0.5) is 10.1 Å². The van der Waals surface area contributed by atoms with Crippen LogP contribution in [0.25, 0.3) is 0 Å². The molecule has 1 aromatic carbocycles. The van der Waals surface area contributed by atoms with Crippen LogP contribution < -0.4 is 16.0 Å². The number of hydrogen-bond acceptors (Lipinski definition) is 2. The molecule has 0 aliphatic carbocycles. The lowest BCUT2D eigenvalue weighted by atomic mass is 10.3. The summed E-state index contributed by atoms with van der Waals surface area (Å²) in [5.41, 5.74) is 0.690. The van der Waals surface area contributed by atoms with E-state index in [4.69, 9.17) is 47.0 Å². The van der Waals surface area contributed by atoms with Gasteiger partial charge in [0.15, 0.2) is 11.8 Å². The van der Waals surface area contributed by atoms with Crippen molar-refractivity contribution in [3.05, 3.63) is 28.7 Å². The van der Waals surface area contributed by atoms with Crippen LogP contribution in [-0.2, 0) is 4.79 Å². The summed E-state index contributed by atoms with van der Waals surface area (Å²) in [6, 6.07) is 7.15. The second-order valence-corrected chi connectivity index (χ2v) is 7.47. The molecule has 116 valence electrons. The van der Waals surface area contributed by atoms with Gasteiger partial charge in [-0.3, -0.25) is 4.79 Å². The van der Waals surface area contributed by atoms with Gasteiger partial charge in [0.1, 0.15) is 6.17 Å². The maximum atomic E-state index is 12.2. The Labute approximate surface area is 149 Å². The molecule has 1 aromatic rings. The minimum atomic E-state index is -1.91. The molecule has 0 radical (unpaired) electrons. The van der Waals surface area contributed by atoms with E-state index in [1.165, 1.54) is 0 Å². The van der Waals surface area contributed by atoms with Crippen molar-refractivity contribution >= 4 is 79.7 Å². The molecule has 0 aliphatic heterocycles. The zero-order chi connectivity index (χ0) is 16.0. The predicted octanol–water partition coefficient (Wildman–Crippen LogP) is 3.52. The molecule has 0 spiro atoms. The number of amides is 1. The van der Waals surface area contributed by atoms with Gasteiger partial charge in [0.2, 0.25) is 3.79 Å². The molecule has 1 rings (SSSR count). The van der Waals surface area contributed by atoms with Crippen molar-refractivity contribution in [3.63, 3.8) is 0 Å². The van der Waals surface area contributed by atoms with E-state index < -0.39 is 22.5 Å². The fourth-order valence-corrected chi connectivity index (χ4v) is 2.06. The number of carbonyl (C=O) groups is 1. The maximum Gasteiger partial charge on any atom is 0.253 e. The van der Waals surface area contributed by atoms with Crippen molar-refractivity contribution in [3.8, 4) is 0 Å². The quantitative estimate of drug-likeness (QED) is 0.383. The van der Waals surface area contributed by atoms with Gasteiger partial charge < -0.3 is 16.0 Å². The number of hydrogen-bond donors (Lipinski definition) is 3. The van der Waals surface area contributed by atoms with Gasteiger partial charge in [0.05, 0.1) is 0 Å². The second-order valence-electron chi connectivity index (χ2n) is 3.78. The first kappa shape index (κ1) is 18.7. The molecular formula is C11H10BrCl3FN3OS. The predicted molar refractivity (Wildman–Crippen MR) is 91.7 cm³/mol. The molecule has 0 heterocycles. The summed E-state index contributed by atoms with van der Waals surface area (Å²) < 4.78 is 11.2. The summed E-state index contributed by atoms with van der Waals surface area (Å²) in [5.74, 6) is -0.926. The van der Waals surface area contributed by atoms with Gasteiger partial charge in [0.25, 0.3) is 5.91 Å². The highest BCUT2D eigenvalue weighted by atomic mass is 79.9. The van der Waals surface area contributed by atoms with E-state index in [0.29, 0.717) is 5.69 Å². The topological polar surface area (TPSA) is 53.2 Å². The number of halogens is 5. The molecule has 0 aliphatic rings. The highest BCUT2D eigenvalue weighted by Crippen LogP contribution is 2.29. The van der Waals surface area contributed by atoms with Crippen LogP contribution in [0.1, 0.15) is 0 Å². The monoisotopic (exact) mass is 435 g/mol. The summed E-state index contributed by atoms with van der Waals surface area (Å²) in [6.07, 6.45) is -1.18. The van der Waals surface area contributed by atoms with Crippen molar-refractivity contribution in [2.24, 2.45) is 0 Å². The van der Waals surface area contributed by atoms with E-state index in [9.17, 15) is 9.18 Å². The molecule has 4 nitrogen and oxygen atoms in total. The Bertz CT molecular complexity index is 512. The molecule has 1 atom stereocenters. The van der Waals surface area contributed by atoms with Crippen molar-refractivity contribution in [2.45, 2.75) is 9.96 Å². The molecule has 0 fully saturated rings. The van der Waals surface area contributed by atoms with Crippen molar-refractivity contribution in [1.29, 1.82) is 0 Å². The zero-order valence-corrected chi connectivity index (χ0v) is 15.0. The van der Waals surface area contributed by atoms with Crippen LogP contribution in [0.3, 0.4) is 0 Å². The van der Waals surface area contributed by atoms with Crippen molar-refractivity contribution < 1.29 is 9.18 Å². The molecule has 3 N–H and O–H groups in total. The van der Waals surface area contributed by atoms with Crippen LogP contribution in [0.5, 0.6) is 0 Å². The fraction of sp³-hybridized carbons (Fsp3) is 0.273. The Kier molecular flexibility index (Phi) is 7.42. The standard InChI is InChI=1S/C11H10BrCl3FN3OS/c12-6-1-3-7(4-2-6)17-10(21)19-9(11(13,14)15)18-8(20)5-16/h1-4,9H,5H2,(H,18,20)(H2,17,19,21). The summed E-state index contributed by atoms with van der Waals surface area (Å²) in [5, 5.41) is 7.72. The lowest BCUT2D eigenvalue weighted by Gasteiger charge is -2.27. The van der Waals surface area contributed by atoms with E-state index in [2.05, 4.69) is 31.9 Å². The van der Waals surface area contributed by atoms with Crippen LogP contribution >= 0.6 is 63.0 Å². The van der Waals surface area contributed by atoms with E-state index >= 15 is 0 Å². The first-order valence-corrected chi connectivity index (χ1v) is 7.81. The number of alkyl halides is 4. The summed E-state index contributed by atoms with van der Waals surface area (Å²) in [6.45, 7) is -1.23. The lowest BCUT2D eigenvalue weighted by molar-refractivity contribution is -0.122. The molecule has 0 bridgehead atoms. The zero-order valence-electron chi connectivity index (χ0n) is 10.3. The summed E-state index contributed by atoms with van der Waals surface area (Å²) in [7, 11) is 0. The first-order chi connectivity index (χ1) is 9.72. The Morgan fingerprint density at radius 1 is 1.29 bits per heavy atom. The number of nitrogens with one attached hydrogen (secondary N) is 3. The molecule has 0 aromatic heterocycles. The number of anilines is 1. The third-order valence-corrected chi connectivity index (χ3v) is 3.53. The van der Waals surface area contributed by atoms with Gasteiger partial charge in [-0.15, -0.1) is 0 Å². The van der Waals surface area contributed by atoms with E-state index in [1.807, 2.05) is 12.1 Å². The van der Waals surface area contributed by atoms with Gasteiger partial charge in [-0.1, -0.05) is 50.7 Å². The third kappa shape index (κ3) is 6.97. The average Bonchev–Trinajstić information content (AvgIpc) is 2.39. The third-order valence-electron chi connectivity index (χ3n) is 2.13. The number of carbonyl (C=O) groups excluding carboxylic acids is 1. The van der Waals surface area contributed by atoms with Crippen LogP contribution in [0, 0.1) is 0 Å². The van der Waals surface area contributed by atoms with Crippen LogP contribution in [-0.4, -0.2) is 27.7 Å². The number of thiocarbonyl (C=S) groups is 1. The fourth-order valence-electron chi connectivity index (χ4n) is 1.23. The largest absolute Gasteiger partial charge is 0.339 e. The Hall–Kier alpha value is -0.340. The van der Waals surface area contributed by atoms with Gasteiger partial charge in [-0.25, -0.2) is 4.39 Å². The smallest absolute Gasteiger partial charge is 0.253 e. The second kappa shape index (κ2) is 8.33. The first-order valence-electron chi connectivity index (χ1n) is 5.47. The van der Waals surface area contributed by atoms with Crippen LogP contribution in [0.15, 0.2) is 28.7 Å². The van der Waals surface area contributed by atoms with Crippen LogP contribution in [0.2, 0.25) is 0 Å². The molecule has 0 saturated heterocycles. The average molecular weight is 438 g/mol. The summed E-state index contributed by atoms with van der Waals surface area (Å²) in [4.78, 5) is 11.1. The van der Waals surface area contributed by atoms with Gasteiger partial charge in [0, 0.05) is 10.2 Å². The van der Waals surface area contributed by atoms with Gasteiger partial charge in [-0.2, -0.15) is 0 Å². The molecule has 0 saturated carbocycles.